The first kappa shape index (κ1) is 36.9. The van der Waals surface area contributed by atoms with Crippen LogP contribution in [0.4, 0.5) is 0 Å². The molecule has 1 saturated heterocycles. The normalized spacial score (nSPS) is 20.7. The Morgan fingerprint density at radius 1 is 0.872 bits per heavy atom. The van der Waals surface area contributed by atoms with Crippen LogP contribution >= 0.6 is 0 Å². The summed E-state index contributed by atoms with van der Waals surface area (Å²) in [6, 6.07) is 26.8. The Kier molecular flexibility index (Phi) is 11.8. The predicted molar refractivity (Wildman–Crippen MR) is 181 cm³/mol. The lowest BCUT2D eigenvalue weighted by Crippen LogP contribution is -2.68. The van der Waals surface area contributed by atoms with Crippen LogP contribution in [0.15, 0.2) is 91.0 Å². The standard InChI is InChI=1S/C33H43NO10S2Si/c1-24-40-23-29(43-45(5,36)37)31(42-24)30(44-46(6,38)39)28(34-32(35)25-16-10-7-11-17-25)22-41-47(33(2,3)4,26-18-12-8-13-19-26)27-20-14-9-15-21-27/h7-21,24,28-31H,22-23H2,1-6H3,(H,34,35)/t24-,28+,29-,30-,31-/m1/s1. The fourth-order valence-electron chi connectivity index (χ4n) is 5.86. The summed E-state index contributed by atoms with van der Waals surface area (Å²) in [7, 11) is -11.5. The highest BCUT2D eigenvalue weighted by Gasteiger charge is 2.52. The van der Waals surface area contributed by atoms with Gasteiger partial charge in [0.25, 0.3) is 34.5 Å². The molecule has 0 saturated carbocycles. The van der Waals surface area contributed by atoms with E-state index < -0.39 is 70.1 Å². The average molecular weight is 706 g/mol. The average Bonchev–Trinajstić information content (AvgIpc) is 3.00. The first-order chi connectivity index (χ1) is 22.0. The summed E-state index contributed by atoms with van der Waals surface area (Å²) in [5.74, 6) is -0.524. The van der Waals surface area contributed by atoms with Gasteiger partial charge in [0.2, 0.25) is 0 Å². The van der Waals surface area contributed by atoms with E-state index in [-0.39, 0.29) is 13.2 Å². The molecule has 47 heavy (non-hydrogen) atoms. The fourth-order valence-corrected chi connectivity index (χ4v) is 11.7. The summed E-state index contributed by atoms with van der Waals surface area (Å²) in [6.45, 7) is 7.36. The summed E-state index contributed by atoms with van der Waals surface area (Å²) in [4.78, 5) is 13.7. The molecular formula is C33H43NO10S2Si. The molecule has 0 radical (unpaired) electrons. The molecule has 0 spiro atoms. The molecule has 1 N–H and O–H groups in total. The second-order valence-corrected chi connectivity index (χ2v) is 20.0. The van der Waals surface area contributed by atoms with Crippen LogP contribution in [0.1, 0.15) is 38.1 Å². The van der Waals surface area contributed by atoms with Gasteiger partial charge in [-0.3, -0.25) is 13.2 Å². The molecule has 0 aliphatic carbocycles. The third-order valence-corrected chi connectivity index (χ3v) is 13.9. The van der Waals surface area contributed by atoms with Crippen molar-refractivity contribution in [3.8, 4) is 0 Å². The molecule has 1 heterocycles. The van der Waals surface area contributed by atoms with Gasteiger partial charge in [0.05, 0.1) is 31.8 Å². The van der Waals surface area contributed by atoms with E-state index in [1.807, 2.05) is 60.7 Å². The quantitative estimate of drug-likeness (QED) is 0.208. The molecule has 1 aliphatic rings. The number of rotatable bonds is 13. The van der Waals surface area contributed by atoms with Crippen molar-refractivity contribution in [2.45, 2.75) is 63.4 Å². The summed E-state index contributed by atoms with van der Waals surface area (Å²) < 4.78 is 79.8. The predicted octanol–water partition coefficient (Wildman–Crippen LogP) is 2.81. The maximum atomic E-state index is 13.7. The number of carbonyl (C=O) groups excluding carboxylic acids is 1. The van der Waals surface area contributed by atoms with Crippen LogP contribution in [0.5, 0.6) is 0 Å². The van der Waals surface area contributed by atoms with E-state index in [0.717, 1.165) is 22.9 Å². The Hall–Kier alpha value is -2.95. The van der Waals surface area contributed by atoms with Gasteiger partial charge in [-0.1, -0.05) is 99.6 Å². The number of ether oxygens (including phenoxy) is 2. The van der Waals surface area contributed by atoms with Gasteiger partial charge in [-0.25, -0.2) is 0 Å². The maximum absolute atomic E-state index is 13.7. The second kappa shape index (κ2) is 15.1. The molecule has 256 valence electrons. The fraction of sp³-hybridized carbons (Fsp3) is 0.424. The second-order valence-electron chi connectivity index (χ2n) is 12.5. The van der Waals surface area contributed by atoms with Crippen LogP contribution in [0.25, 0.3) is 0 Å². The van der Waals surface area contributed by atoms with Crippen LogP contribution in [-0.4, -0.2) is 87.4 Å². The monoisotopic (exact) mass is 705 g/mol. The molecule has 0 aromatic heterocycles. The zero-order chi connectivity index (χ0) is 34.5. The van der Waals surface area contributed by atoms with Crippen LogP contribution in [-0.2, 0) is 42.5 Å². The zero-order valence-corrected chi connectivity index (χ0v) is 30.0. The van der Waals surface area contributed by atoms with Gasteiger partial charge in [-0.05, 0) is 34.5 Å². The molecule has 0 bridgehead atoms. The maximum Gasteiger partial charge on any atom is 0.264 e. The van der Waals surface area contributed by atoms with Crippen molar-refractivity contribution >= 4 is 44.8 Å². The van der Waals surface area contributed by atoms with Gasteiger partial charge in [-0.15, -0.1) is 0 Å². The van der Waals surface area contributed by atoms with Gasteiger partial charge < -0.3 is 19.2 Å². The van der Waals surface area contributed by atoms with E-state index in [9.17, 15) is 21.6 Å². The summed E-state index contributed by atoms with van der Waals surface area (Å²) in [5.41, 5.74) is 0.311. The molecule has 14 heteroatoms. The van der Waals surface area contributed by atoms with Crippen LogP contribution in [0.2, 0.25) is 5.04 Å². The number of hydrogen-bond donors (Lipinski definition) is 1. The molecular weight excluding hydrogens is 663 g/mol. The highest BCUT2D eigenvalue weighted by molar-refractivity contribution is 7.86. The smallest absolute Gasteiger partial charge is 0.264 e. The lowest BCUT2D eigenvalue weighted by molar-refractivity contribution is -0.257. The minimum Gasteiger partial charge on any atom is -0.405 e. The van der Waals surface area contributed by atoms with Crippen LogP contribution < -0.4 is 15.7 Å². The van der Waals surface area contributed by atoms with E-state index in [4.69, 9.17) is 22.3 Å². The highest BCUT2D eigenvalue weighted by atomic mass is 32.2. The van der Waals surface area contributed by atoms with E-state index in [2.05, 4.69) is 26.1 Å². The van der Waals surface area contributed by atoms with Gasteiger partial charge in [0.1, 0.15) is 18.3 Å². The minimum absolute atomic E-state index is 0.229. The zero-order valence-electron chi connectivity index (χ0n) is 27.4. The summed E-state index contributed by atoms with van der Waals surface area (Å²) in [6.07, 6.45) is -3.23. The SMILES string of the molecule is C[C@@H]1OC[C@@H](OS(C)(=O)=O)[C@H]([C@H](OS(C)(=O)=O)[C@H](CO[Si](c2ccccc2)(c2ccccc2)C(C)(C)C)NC(=O)c2ccccc2)O1. The largest absolute Gasteiger partial charge is 0.405 e. The summed E-state index contributed by atoms with van der Waals surface area (Å²) in [5, 5.41) is 4.39. The molecule has 0 unspecified atom stereocenters. The number of benzene rings is 3. The highest BCUT2D eigenvalue weighted by Crippen LogP contribution is 2.37. The van der Waals surface area contributed by atoms with Crippen molar-refractivity contribution in [1.29, 1.82) is 0 Å². The first-order valence-corrected chi connectivity index (χ1v) is 20.7. The Morgan fingerprint density at radius 3 is 1.85 bits per heavy atom. The Labute approximate surface area is 278 Å². The van der Waals surface area contributed by atoms with Gasteiger partial charge >= 0.3 is 0 Å². The van der Waals surface area contributed by atoms with Crippen LogP contribution in [0, 0.1) is 0 Å². The Bertz CT molecular complexity index is 1650. The van der Waals surface area contributed by atoms with Gasteiger partial charge in [0.15, 0.2) is 6.29 Å². The van der Waals surface area contributed by atoms with Crippen molar-refractivity contribution in [3.05, 3.63) is 96.6 Å². The van der Waals surface area contributed by atoms with Crippen molar-refractivity contribution in [1.82, 2.24) is 5.32 Å². The van der Waals surface area contributed by atoms with Crippen molar-refractivity contribution in [2.24, 2.45) is 0 Å². The van der Waals surface area contributed by atoms with E-state index in [1.165, 1.54) is 0 Å². The lowest BCUT2D eigenvalue weighted by atomic mass is 10.00. The summed E-state index contributed by atoms with van der Waals surface area (Å²) >= 11 is 0. The number of amides is 1. The van der Waals surface area contributed by atoms with Crippen LogP contribution in [0.3, 0.4) is 0 Å². The van der Waals surface area contributed by atoms with Gasteiger partial charge in [0, 0.05) is 5.56 Å². The topological polar surface area (TPSA) is 144 Å². The van der Waals surface area contributed by atoms with Gasteiger partial charge in [-0.2, -0.15) is 16.8 Å². The minimum atomic E-state index is -4.21. The van der Waals surface area contributed by atoms with Crippen molar-refractivity contribution in [3.63, 3.8) is 0 Å². The number of hydrogen-bond acceptors (Lipinski definition) is 10. The van der Waals surface area contributed by atoms with Crippen molar-refractivity contribution < 1.29 is 43.9 Å². The van der Waals surface area contributed by atoms with E-state index in [0.29, 0.717) is 5.56 Å². The molecule has 1 amide bonds. The van der Waals surface area contributed by atoms with Crippen molar-refractivity contribution in [2.75, 3.05) is 25.7 Å². The number of carbonyl (C=O) groups is 1. The molecule has 4 rings (SSSR count). The molecule has 5 atom stereocenters. The van der Waals surface area contributed by atoms with E-state index in [1.54, 1.807) is 37.3 Å². The molecule has 11 nitrogen and oxygen atoms in total. The third kappa shape index (κ3) is 9.57. The first-order valence-electron chi connectivity index (χ1n) is 15.1. The third-order valence-electron chi connectivity index (χ3n) is 7.76. The Balaban J connectivity index is 1.87. The number of nitrogens with one attached hydrogen (secondary N) is 1. The molecule has 3 aromatic carbocycles. The molecule has 3 aromatic rings. The lowest BCUT2D eigenvalue weighted by Gasteiger charge is -2.45. The van der Waals surface area contributed by atoms with E-state index >= 15 is 0 Å². The Morgan fingerprint density at radius 2 is 1.38 bits per heavy atom. The molecule has 1 fully saturated rings. The molecule has 1 aliphatic heterocycles.